The highest BCUT2D eigenvalue weighted by Gasteiger charge is 2.18. The smallest absolute Gasteiger partial charge is 0.271 e. The molecule has 0 aliphatic heterocycles. The molecule has 32 heavy (non-hydrogen) atoms. The normalized spacial score (nSPS) is 10.9. The monoisotopic (exact) mass is 443 g/mol. The number of amides is 1. The molecule has 2 aromatic heterocycles. The van der Waals surface area contributed by atoms with Gasteiger partial charge in [-0.25, -0.2) is 5.43 Å². The minimum atomic E-state index is -0.576. The average molecular weight is 443 g/mol. The summed E-state index contributed by atoms with van der Waals surface area (Å²) in [5, 5.41) is 14.8. The van der Waals surface area contributed by atoms with Gasteiger partial charge in [-0.3, -0.25) is 23.7 Å². The predicted molar refractivity (Wildman–Crippen MR) is 123 cm³/mol. The standard InChI is InChI=1S/C23H17N5O3S/c29-20(16-11-13-24-14-12-16)26-25-15-19-21(30)27(17-7-3-1-4-8-17)23(32)28(22(19)31)18-9-5-2-6-10-18/h1-15,30H,(H,26,29)/b25-15+. The van der Waals surface area contributed by atoms with Crippen molar-refractivity contribution in [2.24, 2.45) is 5.10 Å². The van der Waals surface area contributed by atoms with Crippen molar-refractivity contribution in [3.05, 3.63) is 111 Å². The van der Waals surface area contributed by atoms with Crippen LogP contribution in [0.15, 0.2) is 95.1 Å². The van der Waals surface area contributed by atoms with E-state index in [1.54, 1.807) is 48.5 Å². The highest BCUT2D eigenvalue weighted by atomic mass is 32.1. The van der Waals surface area contributed by atoms with Crippen molar-refractivity contribution in [1.82, 2.24) is 19.5 Å². The van der Waals surface area contributed by atoms with Gasteiger partial charge >= 0.3 is 0 Å². The summed E-state index contributed by atoms with van der Waals surface area (Å²) in [7, 11) is 0. The third-order valence-corrected chi connectivity index (χ3v) is 4.96. The summed E-state index contributed by atoms with van der Waals surface area (Å²) in [6.45, 7) is 0. The summed E-state index contributed by atoms with van der Waals surface area (Å²) >= 11 is 5.55. The van der Waals surface area contributed by atoms with Gasteiger partial charge in [0.15, 0.2) is 4.77 Å². The molecule has 158 valence electrons. The van der Waals surface area contributed by atoms with Crippen LogP contribution in [0.25, 0.3) is 11.4 Å². The Kier molecular flexibility index (Phi) is 6.00. The van der Waals surface area contributed by atoms with Gasteiger partial charge in [-0.2, -0.15) is 5.10 Å². The Morgan fingerprint density at radius 1 is 0.938 bits per heavy atom. The SMILES string of the molecule is O=C(N/N=C/c1c(O)n(-c2ccccc2)c(=S)n(-c2ccccc2)c1=O)c1ccncc1. The lowest BCUT2D eigenvalue weighted by atomic mass is 10.2. The van der Waals surface area contributed by atoms with Crippen LogP contribution < -0.4 is 11.0 Å². The first kappa shape index (κ1) is 20.9. The third-order valence-electron chi connectivity index (χ3n) is 4.60. The number of aromatic hydroxyl groups is 1. The second-order valence-electron chi connectivity index (χ2n) is 6.60. The summed E-state index contributed by atoms with van der Waals surface area (Å²) in [5.74, 6) is -0.873. The van der Waals surface area contributed by atoms with Crippen molar-refractivity contribution in [2.45, 2.75) is 0 Å². The number of nitrogens with one attached hydrogen (secondary N) is 1. The Morgan fingerprint density at radius 2 is 1.50 bits per heavy atom. The van der Waals surface area contributed by atoms with Gasteiger partial charge < -0.3 is 5.11 Å². The zero-order valence-corrected chi connectivity index (χ0v) is 17.4. The van der Waals surface area contributed by atoms with Crippen molar-refractivity contribution in [3.8, 4) is 17.3 Å². The molecule has 0 unspecified atom stereocenters. The number of aromatic nitrogens is 3. The summed E-state index contributed by atoms with van der Waals surface area (Å²) in [6, 6.07) is 20.8. The number of para-hydroxylation sites is 2. The quantitative estimate of drug-likeness (QED) is 0.280. The van der Waals surface area contributed by atoms with Crippen LogP contribution in [0.5, 0.6) is 5.88 Å². The van der Waals surface area contributed by atoms with Crippen LogP contribution in [0.3, 0.4) is 0 Å². The fourth-order valence-corrected chi connectivity index (χ4v) is 3.45. The van der Waals surface area contributed by atoms with Gasteiger partial charge in [0, 0.05) is 18.0 Å². The molecule has 2 N–H and O–H groups in total. The van der Waals surface area contributed by atoms with Gasteiger partial charge in [0.2, 0.25) is 5.88 Å². The van der Waals surface area contributed by atoms with E-state index >= 15 is 0 Å². The van der Waals surface area contributed by atoms with E-state index in [0.29, 0.717) is 16.9 Å². The molecule has 0 saturated carbocycles. The number of carbonyl (C=O) groups excluding carboxylic acids is 1. The molecule has 9 heteroatoms. The van der Waals surface area contributed by atoms with Gasteiger partial charge in [-0.1, -0.05) is 36.4 Å². The number of pyridine rings is 1. The Balaban J connectivity index is 1.84. The first-order chi connectivity index (χ1) is 15.6. The molecule has 4 rings (SSSR count). The van der Waals surface area contributed by atoms with E-state index in [1.165, 1.54) is 33.7 Å². The maximum Gasteiger partial charge on any atom is 0.271 e. The molecule has 0 saturated heterocycles. The molecular weight excluding hydrogens is 426 g/mol. The molecule has 0 radical (unpaired) electrons. The molecule has 2 heterocycles. The van der Waals surface area contributed by atoms with E-state index in [0.717, 1.165) is 6.21 Å². The lowest BCUT2D eigenvalue weighted by molar-refractivity contribution is 0.0955. The maximum absolute atomic E-state index is 13.3. The second-order valence-corrected chi connectivity index (χ2v) is 6.97. The Labute approximate surface area is 187 Å². The largest absolute Gasteiger partial charge is 0.494 e. The fraction of sp³-hybridized carbons (Fsp3) is 0. The molecule has 0 spiro atoms. The molecule has 0 aliphatic carbocycles. The summed E-state index contributed by atoms with van der Waals surface area (Å²) < 4.78 is 2.76. The van der Waals surface area contributed by atoms with Gasteiger partial charge in [-0.05, 0) is 48.6 Å². The summed E-state index contributed by atoms with van der Waals surface area (Å²) in [4.78, 5) is 29.3. The topological polar surface area (TPSA) is 102 Å². The van der Waals surface area contributed by atoms with E-state index in [2.05, 4.69) is 15.5 Å². The lowest BCUT2D eigenvalue weighted by Gasteiger charge is -2.16. The van der Waals surface area contributed by atoms with Crippen molar-refractivity contribution < 1.29 is 9.90 Å². The number of hydrazone groups is 1. The molecule has 0 aliphatic rings. The van der Waals surface area contributed by atoms with Crippen molar-refractivity contribution in [3.63, 3.8) is 0 Å². The van der Waals surface area contributed by atoms with Gasteiger partial charge in [0.25, 0.3) is 11.5 Å². The minimum Gasteiger partial charge on any atom is -0.494 e. The Morgan fingerprint density at radius 3 is 2.09 bits per heavy atom. The van der Waals surface area contributed by atoms with Crippen molar-refractivity contribution in [2.75, 3.05) is 0 Å². The highest BCUT2D eigenvalue weighted by molar-refractivity contribution is 7.71. The fourth-order valence-electron chi connectivity index (χ4n) is 3.06. The van der Waals surface area contributed by atoms with Crippen LogP contribution in [0.1, 0.15) is 15.9 Å². The van der Waals surface area contributed by atoms with Crippen LogP contribution in [0, 0.1) is 4.77 Å². The maximum atomic E-state index is 13.3. The number of nitrogens with zero attached hydrogens (tertiary/aromatic N) is 4. The molecule has 8 nitrogen and oxygen atoms in total. The molecule has 0 atom stereocenters. The van der Waals surface area contributed by atoms with Gasteiger partial charge in [0.1, 0.15) is 5.56 Å². The number of hydrogen-bond donors (Lipinski definition) is 2. The van der Waals surface area contributed by atoms with Gasteiger partial charge in [-0.15, -0.1) is 0 Å². The zero-order valence-electron chi connectivity index (χ0n) is 16.6. The molecule has 4 aromatic rings. The van der Waals surface area contributed by atoms with Crippen LogP contribution in [0.4, 0.5) is 0 Å². The van der Waals surface area contributed by atoms with E-state index in [-0.39, 0.29) is 16.2 Å². The Bertz CT molecular complexity index is 1400. The van der Waals surface area contributed by atoms with Crippen molar-refractivity contribution >= 4 is 24.3 Å². The molecule has 0 fully saturated rings. The summed E-state index contributed by atoms with van der Waals surface area (Å²) in [5.41, 5.74) is 3.07. The number of carbonyl (C=O) groups is 1. The number of hydrogen-bond acceptors (Lipinski definition) is 6. The van der Waals surface area contributed by atoms with E-state index in [9.17, 15) is 14.7 Å². The van der Waals surface area contributed by atoms with E-state index in [4.69, 9.17) is 12.2 Å². The number of benzene rings is 2. The minimum absolute atomic E-state index is 0.0860. The van der Waals surface area contributed by atoms with Crippen molar-refractivity contribution in [1.29, 1.82) is 0 Å². The lowest BCUT2D eigenvalue weighted by Crippen LogP contribution is -2.27. The molecule has 1 amide bonds. The Hall–Kier alpha value is -4.37. The molecular formula is C23H17N5O3S. The van der Waals surface area contributed by atoms with Crippen LogP contribution in [-0.2, 0) is 0 Å². The van der Waals surface area contributed by atoms with Gasteiger partial charge in [0.05, 0.1) is 17.6 Å². The highest BCUT2D eigenvalue weighted by Crippen LogP contribution is 2.21. The van der Waals surface area contributed by atoms with Crippen LogP contribution in [0.2, 0.25) is 0 Å². The molecule has 2 aromatic carbocycles. The predicted octanol–water partition coefficient (Wildman–Crippen LogP) is 3.22. The first-order valence-electron chi connectivity index (χ1n) is 9.53. The first-order valence-corrected chi connectivity index (χ1v) is 9.94. The van der Waals surface area contributed by atoms with Crippen LogP contribution in [-0.4, -0.2) is 31.3 Å². The second kappa shape index (κ2) is 9.19. The average Bonchev–Trinajstić information content (AvgIpc) is 2.83. The molecule has 0 bridgehead atoms. The summed E-state index contributed by atoms with van der Waals surface area (Å²) in [6.07, 6.45) is 4.06. The third kappa shape index (κ3) is 4.09. The van der Waals surface area contributed by atoms with Crippen LogP contribution >= 0.6 is 12.2 Å². The van der Waals surface area contributed by atoms with E-state index in [1.807, 2.05) is 12.1 Å². The zero-order chi connectivity index (χ0) is 22.5. The van der Waals surface area contributed by atoms with E-state index < -0.39 is 11.5 Å². The number of rotatable bonds is 5.